The summed E-state index contributed by atoms with van der Waals surface area (Å²) in [5.41, 5.74) is -5.82. The number of aliphatic hydroxyl groups is 1. The number of allylic oxidation sites excluding steroid dienone is 4. The minimum absolute atomic E-state index is 0.0276. The van der Waals surface area contributed by atoms with Crippen molar-refractivity contribution >= 4 is 34.9 Å². The van der Waals surface area contributed by atoms with Gasteiger partial charge >= 0.3 is 0 Å². The predicted octanol–water partition coefficient (Wildman–Crippen LogP) is 3.63. The molecule has 35 heavy (non-hydrogen) atoms. The molecule has 1 saturated heterocycles. The van der Waals surface area contributed by atoms with Gasteiger partial charge in [0.2, 0.25) is 5.12 Å². The summed E-state index contributed by atoms with van der Waals surface area (Å²) >= 11 is 5.75. The quantitative estimate of drug-likeness (QED) is 0.591. The minimum atomic E-state index is -2.18. The van der Waals surface area contributed by atoms with E-state index in [0.717, 1.165) is 5.01 Å². The van der Waals surface area contributed by atoms with Gasteiger partial charge in [0.1, 0.15) is 11.2 Å². The van der Waals surface area contributed by atoms with Crippen LogP contribution in [0.15, 0.2) is 35.4 Å². The molecule has 0 unspecified atom stereocenters. The highest BCUT2D eigenvalue weighted by Gasteiger charge is 2.79. The van der Waals surface area contributed by atoms with Crippen LogP contribution in [0.2, 0.25) is 0 Å². The SMILES string of the molecule is C[C@]12C=CC(=O)C=C1[C@@H](F)C[C@H]1[C@@H]3C[C@H]4CN(Cc5nccs5)O[C@@]4(C(=O)S)[C@@]3(C)C[C@H](O)[C@@]12F. The van der Waals surface area contributed by atoms with E-state index in [0.29, 0.717) is 19.5 Å². The smallest absolute Gasteiger partial charge is 0.220 e. The third kappa shape index (κ3) is 2.83. The van der Waals surface area contributed by atoms with Gasteiger partial charge in [-0.15, -0.1) is 24.0 Å². The molecule has 188 valence electrons. The predicted molar refractivity (Wildman–Crippen MR) is 128 cm³/mol. The van der Waals surface area contributed by atoms with Crippen molar-refractivity contribution in [2.24, 2.45) is 28.6 Å². The largest absolute Gasteiger partial charge is 0.390 e. The Kier molecular flexibility index (Phi) is 5.15. The number of halogens is 2. The second-order valence-electron chi connectivity index (χ2n) is 11.2. The molecule has 4 aliphatic carbocycles. The maximum absolute atomic E-state index is 17.3. The van der Waals surface area contributed by atoms with Gasteiger partial charge in [0.05, 0.1) is 12.6 Å². The first-order valence-corrected chi connectivity index (χ1v) is 13.3. The number of hydrogen-bond donors (Lipinski definition) is 2. The summed E-state index contributed by atoms with van der Waals surface area (Å²) in [5, 5.41) is 15.5. The standard InChI is InChI=1S/C25H28F2N2O4S2/c1-22-4-3-14(30)8-17(22)18(26)9-16-15-7-13-11-29(12-20-28-5-6-35-20)33-25(13,21(32)34)23(15,2)10-19(31)24(16,22)27/h3-6,8,13,15-16,18-19,31H,7,9-12H2,1-2H3,(H,32,34)/t13-,15-,16-,18-,19-,22-,23-,24-,25-/m0/s1. The van der Waals surface area contributed by atoms with Gasteiger partial charge < -0.3 is 5.11 Å². The van der Waals surface area contributed by atoms with Crippen molar-refractivity contribution in [3.63, 3.8) is 0 Å². The first-order chi connectivity index (χ1) is 16.5. The number of thiazole rings is 1. The number of fused-ring (bicyclic) bond motifs is 7. The summed E-state index contributed by atoms with van der Waals surface area (Å²) in [6.45, 7) is 4.29. The van der Waals surface area contributed by atoms with Gasteiger partial charge in [-0.05, 0) is 49.8 Å². The van der Waals surface area contributed by atoms with E-state index in [1.54, 1.807) is 18.2 Å². The number of rotatable bonds is 3. The lowest BCUT2D eigenvalue weighted by atomic mass is 9.44. The fraction of sp³-hybridized carbons (Fsp3) is 0.640. The van der Waals surface area contributed by atoms with Crippen LogP contribution in [0.4, 0.5) is 8.78 Å². The molecule has 0 amide bonds. The third-order valence-electron chi connectivity index (χ3n) is 9.79. The number of ketones is 1. The van der Waals surface area contributed by atoms with Crippen molar-refractivity contribution in [3.05, 3.63) is 40.4 Å². The Morgan fingerprint density at radius 3 is 2.83 bits per heavy atom. The van der Waals surface area contributed by atoms with Crippen LogP contribution in [0.3, 0.4) is 0 Å². The first-order valence-electron chi connectivity index (χ1n) is 12.0. The molecule has 1 aromatic heterocycles. The highest BCUT2D eigenvalue weighted by atomic mass is 32.1. The Labute approximate surface area is 211 Å². The number of thiol groups is 1. The van der Waals surface area contributed by atoms with E-state index in [1.165, 1.54) is 29.6 Å². The fourth-order valence-corrected chi connectivity index (χ4v) is 9.36. The summed E-state index contributed by atoms with van der Waals surface area (Å²) in [7, 11) is 0. The number of hydroxylamine groups is 2. The molecule has 9 atom stereocenters. The summed E-state index contributed by atoms with van der Waals surface area (Å²) < 4.78 is 32.9. The van der Waals surface area contributed by atoms with Gasteiger partial charge in [0.15, 0.2) is 17.1 Å². The van der Waals surface area contributed by atoms with Crippen molar-refractivity contribution < 1.29 is 28.3 Å². The number of carbonyl (C=O) groups excluding carboxylic acids is 2. The van der Waals surface area contributed by atoms with Crippen molar-refractivity contribution in [1.29, 1.82) is 0 Å². The zero-order valence-electron chi connectivity index (χ0n) is 19.5. The molecule has 1 aliphatic heterocycles. The Morgan fingerprint density at radius 1 is 1.37 bits per heavy atom. The van der Waals surface area contributed by atoms with Crippen LogP contribution in [0, 0.1) is 28.6 Å². The molecule has 3 saturated carbocycles. The van der Waals surface area contributed by atoms with Crippen LogP contribution in [-0.2, 0) is 21.0 Å². The molecule has 2 heterocycles. The zero-order chi connectivity index (χ0) is 25.0. The van der Waals surface area contributed by atoms with Gasteiger partial charge in [0, 0.05) is 40.8 Å². The lowest BCUT2D eigenvalue weighted by Gasteiger charge is -2.63. The number of alkyl halides is 2. The molecule has 1 N–H and O–H groups in total. The topological polar surface area (TPSA) is 79.7 Å². The van der Waals surface area contributed by atoms with Crippen LogP contribution < -0.4 is 0 Å². The average molecular weight is 523 g/mol. The Bertz CT molecular complexity index is 1160. The molecule has 0 spiro atoms. The van der Waals surface area contributed by atoms with Crippen LogP contribution in [0.1, 0.15) is 38.1 Å². The molecule has 0 aromatic carbocycles. The molecule has 10 heteroatoms. The molecule has 0 bridgehead atoms. The summed E-state index contributed by atoms with van der Waals surface area (Å²) in [4.78, 5) is 35.9. The van der Waals surface area contributed by atoms with Crippen molar-refractivity contribution in [2.45, 2.75) is 63.2 Å². The average Bonchev–Trinajstić information content (AvgIpc) is 3.48. The van der Waals surface area contributed by atoms with Crippen molar-refractivity contribution in [1.82, 2.24) is 10.0 Å². The van der Waals surface area contributed by atoms with Gasteiger partial charge in [-0.3, -0.25) is 14.4 Å². The first kappa shape index (κ1) is 23.9. The molecular weight excluding hydrogens is 494 g/mol. The number of nitrogens with zero attached hydrogens (tertiary/aromatic N) is 2. The highest BCUT2D eigenvalue weighted by molar-refractivity contribution is 7.96. The molecule has 1 aromatic rings. The lowest BCUT2D eigenvalue weighted by Crippen LogP contribution is -2.70. The summed E-state index contributed by atoms with van der Waals surface area (Å²) in [6, 6.07) is 0. The summed E-state index contributed by atoms with van der Waals surface area (Å²) in [5.74, 6) is -1.90. The second kappa shape index (κ2) is 7.54. The Hall–Kier alpha value is -1.46. The molecular formula is C25H28F2N2O4S2. The Balaban J connectivity index is 1.41. The molecule has 4 fully saturated rings. The second-order valence-corrected chi connectivity index (χ2v) is 12.6. The summed E-state index contributed by atoms with van der Waals surface area (Å²) in [6.07, 6.45) is 2.88. The van der Waals surface area contributed by atoms with Crippen LogP contribution >= 0.6 is 24.0 Å². The molecule has 6 nitrogen and oxygen atoms in total. The molecule has 6 rings (SSSR count). The number of carbonyl (C=O) groups is 2. The van der Waals surface area contributed by atoms with Gasteiger partial charge in [-0.25, -0.2) is 13.8 Å². The van der Waals surface area contributed by atoms with E-state index in [9.17, 15) is 14.7 Å². The number of hydrogen-bond acceptors (Lipinski definition) is 7. The normalized spacial score (nSPS) is 48.7. The van der Waals surface area contributed by atoms with Crippen LogP contribution in [0.25, 0.3) is 0 Å². The van der Waals surface area contributed by atoms with Crippen molar-refractivity contribution in [3.8, 4) is 0 Å². The zero-order valence-corrected chi connectivity index (χ0v) is 21.2. The van der Waals surface area contributed by atoms with Crippen LogP contribution in [0.5, 0.6) is 0 Å². The highest BCUT2D eigenvalue weighted by Crippen LogP contribution is 2.72. The van der Waals surface area contributed by atoms with Gasteiger partial charge in [-0.2, -0.15) is 5.06 Å². The van der Waals surface area contributed by atoms with E-state index in [1.807, 2.05) is 12.3 Å². The Morgan fingerprint density at radius 2 is 2.14 bits per heavy atom. The van der Waals surface area contributed by atoms with E-state index >= 15 is 8.78 Å². The van der Waals surface area contributed by atoms with Crippen LogP contribution in [-0.4, -0.2) is 56.1 Å². The van der Waals surface area contributed by atoms with Crippen molar-refractivity contribution in [2.75, 3.05) is 6.54 Å². The van der Waals surface area contributed by atoms with E-state index in [4.69, 9.17) is 4.84 Å². The third-order valence-corrected chi connectivity index (χ3v) is 10.9. The maximum atomic E-state index is 17.3. The van der Waals surface area contributed by atoms with E-state index in [-0.39, 0.29) is 30.1 Å². The molecule has 5 aliphatic rings. The number of aliphatic hydroxyl groups excluding tert-OH is 1. The van der Waals surface area contributed by atoms with Gasteiger partial charge in [0.25, 0.3) is 0 Å². The molecule has 0 radical (unpaired) electrons. The number of aromatic nitrogens is 1. The minimum Gasteiger partial charge on any atom is -0.390 e. The van der Waals surface area contributed by atoms with E-state index < -0.39 is 51.3 Å². The monoisotopic (exact) mass is 522 g/mol. The fourth-order valence-electron chi connectivity index (χ4n) is 8.26. The van der Waals surface area contributed by atoms with Gasteiger partial charge in [-0.1, -0.05) is 13.0 Å². The maximum Gasteiger partial charge on any atom is 0.220 e. The lowest BCUT2D eigenvalue weighted by molar-refractivity contribution is -0.266. The van der Waals surface area contributed by atoms with E-state index in [2.05, 4.69) is 17.6 Å².